The van der Waals surface area contributed by atoms with Gasteiger partial charge in [0.1, 0.15) is 6.04 Å². The monoisotopic (exact) mass is 370 g/mol. The lowest BCUT2D eigenvalue weighted by Gasteiger charge is -2.21. The number of aryl methyl sites for hydroxylation is 1. The Bertz CT molecular complexity index is 795. The molecule has 0 bridgehead atoms. The van der Waals surface area contributed by atoms with Crippen molar-refractivity contribution in [1.29, 1.82) is 0 Å². The van der Waals surface area contributed by atoms with Gasteiger partial charge in [0.15, 0.2) is 6.54 Å². The summed E-state index contributed by atoms with van der Waals surface area (Å²) in [5, 5.41) is 2.94. The lowest BCUT2D eigenvalue weighted by atomic mass is 10.1. The molecular formula is C21H28N3O3+. The number of ether oxygens (including phenoxy) is 1. The molecule has 2 aromatic rings. The minimum atomic E-state index is -0.352. The Labute approximate surface area is 160 Å². The molecule has 3 rings (SSSR count). The van der Waals surface area contributed by atoms with E-state index in [4.69, 9.17) is 4.74 Å². The van der Waals surface area contributed by atoms with Gasteiger partial charge in [-0.3, -0.25) is 4.79 Å². The van der Waals surface area contributed by atoms with Gasteiger partial charge in [0, 0.05) is 31.8 Å². The summed E-state index contributed by atoms with van der Waals surface area (Å²) in [6, 6.07) is 11.4. The number of quaternary nitrogens is 1. The van der Waals surface area contributed by atoms with E-state index in [2.05, 4.69) is 35.3 Å². The highest BCUT2D eigenvalue weighted by atomic mass is 16.5. The molecule has 144 valence electrons. The molecule has 1 aromatic carbocycles. The first-order chi connectivity index (χ1) is 12.9. The molecule has 6 heteroatoms. The Hall–Kier alpha value is -2.60. The summed E-state index contributed by atoms with van der Waals surface area (Å²) in [6.45, 7) is 5.07. The minimum Gasteiger partial charge on any atom is -0.459 e. The quantitative estimate of drug-likeness (QED) is 0.764. The van der Waals surface area contributed by atoms with Crippen LogP contribution in [0.4, 0.5) is 5.69 Å². The molecule has 27 heavy (non-hydrogen) atoms. The van der Waals surface area contributed by atoms with Crippen molar-refractivity contribution >= 4 is 17.6 Å². The van der Waals surface area contributed by atoms with Crippen LogP contribution in [0.2, 0.25) is 0 Å². The van der Waals surface area contributed by atoms with E-state index in [1.165, 1.54) is 10.6 Å². The summed E-state index contributed by atoms with van der Waals surface area (Å²) in [7, 11) is 2.05. The molecule has 1 unspecified atom stereocenters. The van der Waals surface area contributed by atoms with Crippen LogP contribution in [0.25, 0.3) is 0 Å². The fourth-order valence-electron chi connectivity index (χ4n) is 3.70. The van der Waals surface area contributed by atoms with Crippen LogP contribution in [0, 0.1) is 0 Å². The number of aromatic nitrogens is 1. The maximum atomic E-state index is 12.5. The Kier molecular flexibility index (Phi) is 5.96. The normalized spacial score (nSPS) is 19.3. The number of amides is 1. The average molecular weight is 370 g/mol. The number of esters is 1. The molecule has 2 N–H and O–H groups in total. The molecule has 6 nitrogen and oxygen atoms in total. The number of rotatable bonds is 6. The topological polar surface area (TPSA) is 64.8 Å². The van der Waals surface area contributed by atoms with E-state index in [1.54, 1.807) is 24.3 Å². The number of carbonyl (C=O) groups excluding carboxylic acids is 2. The third-order valence-electron chi connectivity index (χ3n) is 4.96. The maximum Gasteiger partial charge on any atom is 0.338 e. The van der Waals surface area contributed by atoms with Crippen LogP contribution in [0.1, 0.15) is 48.8 Å². The second-order valence-corrected chi connectivity index (χ2v) is 7.40. The molecule has 1 aliphatic rings. The zero-order chi connectivity index (χ0) is 19.4. The van der Waals surface area contributed by atoms with Gasteiger partial charge >= 0.3 is 5.97 Å². The Balaban J connectivity index is 1.57. The van der Waals surface area contributed by atoms with Crippen LogP contribution in [0.5, 0.6) is 0 Å². The van der Waals surface area contributed by atoms with E-state index in [0.717, 1.165) is 19.4 Å². The molecule has 2 atom stereocenters. The minimum absolute atomic E-state index is 0.0105. The molecule has 0 aliphatic carbocycles. The van der Waals surface area contributed by atoms with Crippen molar-refractivity contribution in [2.24, 2.45) is 7.05 Å². The number of nitrogens with zero attached hydrogens (tertiary/aromatic N) is 1. The van der Waals surface area contributed by atoms with Crippen LogP contribution >= 0.6 is 0 Å². The van der Waals surface area contributed by atoms with Crippen molar-refractivity contribution in [1.82, 2.24) is 4.57 Å². The van der Waals surface area contributed by atoms with Crippen LogP contribution in [-0.2, 0) is 16.6 Å². The van der Waals surface area contributed by atoms with E-state index in [0.29, 0.717) is 23.8 Å². The average Bonchev–Trinajstić information content (AvgIpc) is 3.23. The number of hydrogen-bond acceptors (Lipinski definition) is 3. The zero-order valence-electron chi connectivity index (χ0n) is 16.2. The lowest BCUT2D eigenvalue weighted by molar-refractivity contribution is -0.910. The highest BCUT2D eigenvalue weighted by Crippen LogP contribution is 2.19. The highest BCUT2D eigenvalue weighted by Gasteiger charge is 2.32. The summed E-state index contributed by atoms with van der Waals surface area (Å²) in [6.07, 6.45) is 4.13. The van der Waals surface area contributed by atoms with E-state index < -0.39 is 0 Å². The van der Waals surface area contributed by atoms with Crippen molar-refractivity contribution in [3.63, 3.8) is 0 Å². The largest absolute Gasteiger partial charge is 0.459 e. The number of nitrogens with one attached hydrogen (secondary N) is 2. The molecule has 1 aromatic heterocycles. The second kappa shape index (κ2) is 8.39. The lowest BCUT2D eigenvalue weighted by Crippen LogP contribution is -3.11. The van der Waals surface area contributed by atoms with Crippen LogP contribution in [0.15, 0.2) is 42.6 Å². The fourth-order valence-corrected chi connectivity index (χ4v) is 3.70. The first kappa shape index (κ1) is 19.2. The Morgan fingerprint density at radius 3 is 2.63 bits per heavy atom. The molecule has 0 radical (unpaired) electrons. The maximum absolute atomic E-state index is 12.5. The number of benzene rings is 1. The van der Waals surface area contributed by atoms with Gasteiger partial charge in [-0.25, -0.2) is 4.79 Å². The number of anilines is 1. The Morgan fingerprint density at radius 2 is 2.00 bits per heavy atom. The Morgan fingerprint density at radius 1 is 1.26 bits per heavy atom. The molecular weight excluding hydrogens is 342 g/mol. The molecule has 0 saturated carbocycles. The summed E-state index contributed by atoms with van der Waals surface area (Å²) in [5.41, 5.74) is 2.45. The van der Waals surface area contributed by atoms with Gasteiger partial charge in [-0.2, -0.15) is 0 Å². The van der Waals surface area contributed by atoms with E-state index in [-0.39, 0.29) is 18.0 Å². The van der Waals surface area contributed by atoms with E-state index in [1.807, 2.05) is 13.8 Å². The van der Waals surface area contributed by atoms with Gasteiger partial charge in [-0.1, -0.05) is 0 Å². The van der Waals surface area contributed by atoms with Crippen molar-refractivity contribution in [3.8, 4) is 0 Å². The van der Waals surface area contributed by atoms with Gasteiger partial charge < -0.3 is 19.5 Å². The van der Waals surface area contributed by atoms with E-state index >= 15 is 0 Å². The fraction of sp³-hybridized carbons (Fsp3) is 0.429. The number of likely N-dealkylation sites (tertiary alicyclic amines) is 1. The first-order valence-corrected chi connectivity index (χ1v) is 9.50. The highest BCUT2D eigenvalue weighted by molar-refractivity contribution is 5.93. The van der Waals surface area contributed by atoms with E-state index in [9.17, 15) is 9.59 Å². The molecule has 0 spiro atoms. The molecule has 1 aliphatic heterocycles. The van der Waals surface area contributed by atoms with Crippen molar-refractivity contribution in [2.75, 3.05) is 18.4 Å². The van der Waals surface area contributed by atoms with Crippen molar-refractivity contribution in [3.05, 3.63) is 53.9 Å². The number of hydrogen-bond donors (Lipinski definition) is 2. The van der Waals surface area contributed by atoms with Gasteiger partial charge in [-0.05, 0) is 50.2 Å². The summed E-state index contributed by atoms with van der Waals surface area (Å²) >= 11 is 0. The third-order valence-corrected chi connectivity index (χ3v) is 4.96. The third kappa shape index (κ3) is 4.77. The van der Waals surface area contributed by atoms with Gasteiger partial charge in [0.25, 0.3) is 5.91 Å². The van der Waals surface area contributed by atoms with Crippen LogP contribution in [0.3, 0.4) is 0 Å². The zero-order valence-corrected chi connectivity index (χ0v) is 16.2. The molecule has 1 saturated heterocycles. The summed E-state index contributed by atoms with van der Waals surface area (Å²) in [5.74, 6) is -0.363. The van der Waals surface area contributed by atoms with Crippen LogP contribution < -0.4 is 10.2 Å². The second-order valence-electron chi connectivity index (χ2n) is 7.40. The summed E-state index contributed by atoms with van der Waals surface area (Å²) < 4.78 is 7.31. The summed E-state index contributed by atoms with van der Waals surface area (Å²) in [4.78, 5) is 25.7. The molecule has 2 heterocycles. The molecule has 1 fully saturated rings. The predicted molar refractivity (Wildman–Crippen MR) is 104 cm³/mol. The standard InChI is InChI=1S/C21H27N3O3/c1-15(2)27-21(26)16-8-10-17(11-9-16)22-20(25)14-24-13-5-7-19(24)18-6-4-12-23(18)3/h4,6,8-12,15,19H,5,7,13-14H2,1-3H3,(H,22,25)/p+1/t19-/m1/s1. The van der Waals surface area contributed by atoms with Gasteiger partial charge in [0.2, 0.25) is 0 Å². The molecule has 1 amide bonds. The predicted octanol–water partition coefficient (Wildman–Crippen LogP) is 1.95. The number of carbonyl (C=O) groups is 2. The van der Waals surface area contributed by atoms with Crippen molar-refractivity contribution < 1.29 is 19.2 Å². The van der Waals surface area contributed by atoms with Crippen LogP contribution in [-0.4, -0.2) is 35.6 Å². The van der Waals surface area contributed by atoms with Gasteiger partial charge in [-0.15, -0.1) is 0 Å². The SMILES string of the molecule is CC(C)OC(=O)c1ccc(NC(=O)C[NH+]2CCC[C@@H]2c2cccn2C)cc1. The van der Waals surface area contributed by atoms with Gasteiger partial charge in [0.05, 0.1) is 23.9 Å². The smallest absolute Gasteiger partial charge is 0.338 e. The first-order valence-electron chi connectivity index (χ1n) is 9.50. The van der Waals surface area contributed by atoms with Crippen molar-refractivity contribution in [2.45, 2.75) is 38.8 Å².